The summed E-state index contributed by atoms with van der Waals surface area (Å²) in [4.78, 5) is 0.126. The predicted octanol–water partition coefficient (Wildman–Crippen LogP) is -0.809. The molecule has 1 heterocycles. The number of sulfonamides is 1. The van der Waals surface area contributed by atoms with Gasteiger partial charge in [0.1, 0.15) is 0 Å². The van der Waals surface area contributed by atoms with Crippen LogP contribution >= 0.6 is 0 Å². The Kier molecular flexibility index (Phi) is 4.77. The minimum atomic E-state index is -3.62. The highest BCUT2D eigenvalue weighted by Crippen LogP contribution is 2.12. The molecular weight excluding hydrogens is 278 g/mol. The van der Waals surface area contributed by atoms with Gasteiger partial charge in [-0.3, -0.25) is 0 Å². The van der Waals surface area contributed by atoms with Crippen molar-refractivity contribution in [1.29, 1.82) is 0 Å². The zero-order valence-electron chi connectivity index (χ0n) is 11.3. The first-order valence-corrected chi connectivity index (χ1v) is 8.19. The zero-order valence-corrected chi connectivity index (χ0v) is 12.1. The van der Waals surface area contributed by atoms with Crippen molar-refractivity contribution in [2.24, 2.45) is 5.14 Å². The van der Waals surface area contributed by atoms with Crippen LogP contribution in [0.5, 0.6) is 0 Å². The summed E-state index contributed by atoms with van der Waals surface area (Å²) >= 11 is 0. The van der Waals surface area contributed by atoms with E-state index in [2.05, 4.69) is 10.6 Å². The highest BCUT2D eigenvalue weighted by Gasteiger charge is 2.30. The third-order valence-corrected chi connectivity index (χ3v) is 4.45. The number of benzene rings is 1. The Morgan fingerprint density at radius 3 is 2.60 bits per heavy atom. The van der Waals surface area contributed by atoms with Crippen molar-refractivity contribution in [2.45, 2.75) is 23.3 Å². The third kappa shape index (κ3) is 4.26. The number of nitrogens with one attached hydrogen (secondary N) is 2. The number of nitrogens with two attached hydrogens (primary N) is 1. The second kappa shape index (κ2) is 6.19. The lowest BCUT2D eigenvalue weighted by molar-refractivity contribution is 0.0615. The Morgan fingerprint density at radius 1 is 1.35 bits per heavy atom. The number of hydrogen-bond donors (Lipinski definition) is 4. The molecule has 0 aliphatic carbocycles. The predicted molar refractivity (Wildman–Crippen MR) is 76.8 cm³/mol. The molecule has 1 aromatic rings. The highest BCUT2D eigenvalue weighted by molar-refractivity contribution is 7.89. The van der Waals surface area contributed by atoms with E-state index in [0.717, 1.165) is 31.5 Å². The molecule has 1 atom stereocenters. The molecular formula is C13H21N3O3S. The average Bonchev–Trinajstić information content (AvgIpc) is 2.82. The number of aliphatic hydroxyl groups is 1. The first-order chi connectivity index (χ1) is 9.39. The fourth-order valence-corrected chi connectivity index (χ4v) is 2.80. The molecule has 1 saturated heterocycles. The molecule has 1 fully saturated rings. The van der Waals surface area contributed by atoms with Crippen LogP contribution in [0.2, 0.25) is 0 Å². The fraction of sp³-hybridized carbons (Fsp3) is 0.538. The van der Waals surface area contributed by atoms with Crippen LogP contribution in [0.1, 0.15) is 12.0 Å². The summed E-state index contributed by atoms with van der Waals surface area (Å²) in [5, 5.41) is 21.5. The van der Waals surface area contributed by atoms with Gasteiger partial charge in [0, 0.05) is 13.1 Å². The molecule has 5 N–H and O–H groups in total. The van der Waals surface area contributed by atoms with E-state index in [-0.39, 0.29) is 4.90 Å². The number of β-amino-alcohol motifs (C(OH)–C–C–N with tert-alkyl or cyclic N) is 1. The standard InChI is InChI=1S/C13H21N3O3S/c14-20(18,19)12-3-1-11(2-4-12)5-7-15-9-13(17)6-8-16-10-13/h1-4,15-17H,5-10H2,(H2,14,18,19)/t13-/m0/s1. The lowest BCUT2D eigenvalue weighted by Crippen LogP contribution is -2.42. The van der Waals surface area contributed by atoms with Crippen LogP contribution < -0.4 is 15.8 Å². The van der Waals surface area contributed by atoms with Crippen LogP contribution in [0.4, 0.5) is 0 Å². The number of hydrogen-bond acceptors (Lipinski definition) is 5. The molecule has 1 aromatic carbocycles. The van der Waals surface area contributed by atoms with Crippen molar-refractivity contribution in [3.05, 3.63) is 29.8 Å². The normalized spacial score (nSPS) is 23.1. The van der Waals surface area contributed by atoms with Crippen molar-refractivity contribution in [3.63, 3.8) is 0 Å². The molecule has 0 bridgehead atoms. The van der Waals surface area contributed by atoms with Crippen molar-refractivity contribution in [1.82, 2.24) is 10.6 Å². The monoisotopic (exact) mass is 299 g/mol. The van der Waals surface area contributed by atoms with Crippen LogP contribution in [0.3, 0.4) is 0 Å². The van der Waals surface area contributed by atoms with E-state index >= 15 is 0 Å². The SMILES string of the molecule is NS(=O)(=O)c1ccc(CCNC[C@@]2(O)CCNC2)cc1. The highest BCUT2D eigenvalue weighted by atomic mass is 32.2. The second-order valence-electron chi connectivity index (χ2n) is 5.27. The van der Waals surface area contributed by atoms with Crippen LogP contribution in [0.25, 0.3) is 0 Å². The van der Waals surface area contributed by atoms with Gasteiger partial charge in [-0.25, -0.2) is 13.6 Å². The maximum atomic E-state index is 11.1. The fourth-order valence-electron chi connectivity index (χ4n) is 2.28. The summed E-state index contributed by atoms with van der Waals surface area (Å²) in [5.41, 5.74) is 0.388. The summed E-state index contributed by atoms with van der Waals surface area (Å²) in [5.74, 6) is 0. The molecule has 0 saturated carbocycles. The van der Waals surface area contributed by atoms with E-state index < -0.39 is 15.6 Å². The van der Waals surface area contributed by atoms with Crippen molar-refractivity contribution >= 4 is 10.0 Å². The minimum Gasteiger partial charge on any atom is -0.387 e. The molecule has 0 amide bonds. The topological polar surface area (TPSA) is 104 Å². The molecule has 20 heavy (non-hydrogen) atoms. The first-order valence-electron chi connectivity index (χ1n) is 6.65. The summed E-state index contributed by atoms with van der Waals surface area (Å²) in [6.07, 6.45) is 1.54. The Balaban J connectivity index is 1.77. The maximum absolute atomic E-state index is 11.1. The quantitative estimate of drug-likeness (QED) is 0.514. The van der Waals surface area contributed by atoms with Gasteiger partial charge >= 0.3 is 0 Å². The first kappa shape index (κ1) is 15.4. The van der Waals surface area contributed by atoms with Gasteiger partial charge in [-0.15, -0.1) is 0 Å². The molecule has 0 spiro atoms. The van der Waals surface area contributed by atoms with E-state index in [1.807, 2.05) is 0 Å². The molecule has 7 heteroatoms. The van der Waals surface area contributed by atoms with E-state index in [1.54, 1.807) is 12.1 Å². The largest absolute Gasteiger partial charge is 0.387 e. The van der Waals surface area contributed by atoms with Gasteiger partial charge < -0.3 is 15.7 Å². The van der Waals surface area contributed by atoms with Crippen LogP contribution in [0.15, 0.2) is 29.2 Å². The van der Waals surface area contributed by atoms with Crippen molar-refractivity contribution < 1.29 is 13.5 Å². The van der Waals surface area contributed by atoms with E-state index in [4.69, 9.17) is 5.14 Å². The second-order valence-corrected chi connectivity index (χ2v) is 6.83. The molecule has 1 aliphatic rings. The molecule has 0 unspecified atom stereocenters. The molecule has 2 rings (SSSR count). The van der Waals surface area contributed by atoms with E-state index in [9.17, 15) is 13.5 Å². The van der Waals surface area contributed by atoms with Gasteiger partial charge in [-0.1, -0.05) is 12.1 Å². The van der Waals surface area contributed by atoms with Gasteiger partial charge in [0.05, 0.1) is 10.5 Å². The third-order valence-electron chi connectivity index (χ3n) is 3.52. The molecule has 1 aliphatic heterocycles. The Labute approximate surface area is 119 Å². The van der Waals surface area contributed by atoms with Gasteiger partial charge in [0.15, 0.2) is 0 Å². The minimum absolute atomic E-state index is 0.126. The lowest BCUT2D eigenvalue weighted by Gasteiger charge is -2.21. The van der Waals surface area contributed by atoms with Crippen molar-refractivity contribution in [2.75, 3.05) is 26.2 Å². The molecule has 112 valence electrons. The summed E-state index contributed by atoms with van der Waals surface area (Å²) in [6, 6.07) is 6.54. The van der Waals surface area contributed by atoms with Gasteiger partial charge in [0.25, 0.3) is 0 Å². The Bertz CT molecular complexity index is 536. The average molecular weight is 299 g/mol. The van der Waals surface area contributed by atoms with Gasteiger partial charge in [-0.2, -0.15) is 0 Å². The van der Waals surface area contributed by atoms with E-state index in [1.165, 1.54) is 12.1 Å². The molecule has 0 aromatic heterocycles. The lowest BCUT2D eigenvalue weighted by atomic mass is 10.0. The maximum Gasteiger partial charge on any atom is 0.238 e. The van der Waals surface area contributed by atoms with Crippen LogP contribution in [-0.2, 0) is 16.4 Å². The van der Waals surface area contributed by atoms with Crippen LogP contribution in [0, 0.1) is 0 Å². The summed E-state index contributed by atoms with van der Waals surface area (Å²) < 4.78 is 22.2. The van der Waals surface area contributed by atoms with E-state index in [0.29, 0.717) is 13.1 Å². The Hall–Kier alpha value is -0.990. The number of rotatable bonds is 6. The summed E-state index contributed by atoms with van der Waals surface area (Å²) in [7, 11) is -3.62. The molecule has 0 radical (unpaired) electrons. The van der Waals surface area contributed by atoms with Crippen molar-refractivity contribution in [3.8, 4) is 0 Å². The summed E-state index contributed by atoms with van der Waals surface area (Å²) in [6.45, 7) is 2.78. The zero-order chi connectivity index (χ0) is 14.6. The molecule has 6 nitrogen and oxygen atoms in total. The van der Waals surface area contributed by atoms with Crippen LogP contribution in [-0.4, -0.2) is 45.3 Å². The smallest absolute Gasteiger partial charge is 0.238 e. The Morgan fingerprint density at radius 2 is 2.05 bits per heavy atom. The van der Waals surface area contributed by atoms with Gasteiger partial charge in [0.2, 0.25) is 10.0 Å². The van der Waals surface area contributed by atoms with Gasteiger partial charge in [-0.05, 0) is 43.6 Å². The number of primary sulfonamides is 1.